The predicted octanol–water partition coefficient (Wildman–Crippen LogP) is 2.23. The lowest BCUT2D eigenvalue weighted by Crippen LogP contribution is -2.45. The highest BCUT2D eigenvalue weighted by Gasteiger charge is 2.25. The number of nitrogens with one attached hydrogen (secondary N) is 1. The summed E-state index contributed by atoms with van der Waals surface area (Å²) >= 11 is 4.34. The van der Waals surface area contributed by atoms with E-state index in [1.807, 2.05) is 44.2 Å². The molecule has 0 bridgehead atoms. The van der Waals surface area contributed by atoms with Gasteiger partial charge in [0.2, 0.25) is 5.91 Å². The smallest absolute Gasteiger partial charge is 0.328 e. The molecule has 0 aliphatic carbocycles. The van der Waals surface area contributed by atoms with Crippen LogP contribution in [0.3, 0.4) is 0 Å². The molecule has 1 N–H and O–H groups in total. The van der Waals surface area contributed by atoms with E-state index in [0.29, 0.717) is 12.8 Å². The van der Waals surface area contributed by atoms with Crippen LogP contribution in [0.5, 0.6) is 0 Å². The average Bonchev–Trinajstić information content (AvgIpc) is 2.46. The Morgan fingerprint density at radius 1 is 1.24 bits per heavy atom. The Morgan fingerprint density at radius 3 is 2.38 bits per heavy atom. The first kappa shape index (κ1) is 17.6. The number of ether oxygens (including phenoxy) is 1. The van der Waals surface area contributed by atoms with E-state index in [2.05, 4.69) is 17.9 Å². The summed E-state index contributed by atoms with van der Waals surface area (Å²) in [6.45, 7) is 3.98. The van der Waals surface area contributed by atoms with Gasteiger partial charge >= 0.3 is 5.97 Å². The number of carbonyl (C=O) groups is 2. The number of benzene rings is 1. The number of methoxy groups -OCH3 is 1. The molecule has 0 aliphatic heterocycles. The third-order valence-corrected chi connectivity index (χ3v) is 3.50. The first-order valence-electron chi connectivity index (χ1n) is 7.04. The number of hydrogen-bond donors (Lipinski definition) is 2. The summed E-state index contributed by atoms with van der Waals surface area (Å²) in [4.78, 5) is 23.9. The standard InChI is InChI=1S/C16H23NO3S/c1-11(2)9-13(16(19)20-3)17-15(18)14(21)10-12-7-5-4-6-8-12/h4-8,11,13-14,21H,9-10H2,1-3H3,(H,17,18)/t13-,14-/m0/s1. The number of carbonyl (C=O) groups excluding carboxylic acids is 2. The van der Waals surface area contributed by atoms with Gasteiger partial charge in [0, 0.05) is 0 Å². The largest absolute Gasteiger partial charge is 0.467 e. The van der Waals surface area contributed by atoms with Crippen LogP contribution in [0.25, 0.3) is 0 Å². The second-order valence-electron chi connectivity index (χ2n) is 5.42. The van der Waals surface area contributed by atoms with Crippen molar-refractivity contribution in [2.24, 2.45) is 5.92 Å². The number of amides is 1. The second kappa shape index (κ2) is 8.72. The maximum absolute atomic E-state index is 12.2. The number of thiol groups is 1. The summed E-state index contributed by atoms with van der Waals surface area (Å²) in [6.07, 6.45) is 1.07. The number of esters is 1. The molecule has 116 valence electrons. The molecule has 1 amide bonds. The van der Waals surface area contributed by atoms with Crippen molar-refractivity contribution < 1.29 is 14.3 Å². The Morgan fingerprint density at radius 2 is 1.86 bits per heavy atom. The van der Waals surface area contributed by atoms with Crippen LogP contribution in [0, 0.1) is 5.92 Å². The SMILES string of the molecule is COC(=O)[C@H](CC(C)C)NC(=O)[C@@H](S)Cc1ccccc1. The summed E-state index contributed by atoms with van der Waals surface area (Å²) in [5, 5.41) is 2.24. The van der Waals surface area contributed by atoms with Gasteiger partial charge in [0.25, 0.3) is 0 Å². The lowest BCUT2D eigenvalue weighted by Gasteiger charge is -2.20. The summed E-state index contributed by atoms with van der Waals surface area (Å²) in [6, 6.07) is 9.04. The van der Waals surface area contributed by atoms with Crippen LogP contribution in [-0.4, -0.2) is 30.3 Å². The van der Waals surface area contributed by atoms with Crippen molar-refractivity contribution in [1.29, 1.82) is 0 Å². The van der Waals surface area contributed by atoms with E-state index in [-0.39, 0.29) is 11.8 Å². The van der Waals surface area contributed by atoms with Crippen molar-refractivity contribution in [2.75, 3.05) is 7.11 Å². The van der Waals surface area contributed by atoms with Gasteiger partial charge in [-0.2, -0.15) is 12.6 Å². The maximum atomic E-state index is 12.2. The zero-order valence-electron chi connectivity index (χ0n) is 12.7. The maximum Gasteiger partial charge on any atom is 0.328 e. The molecule has 0 saturated carbocycles. The van der Waals surface area contributed by atoms with Gasteiger partial charge in [0.05, 0.1) is 12.4 Å². The molecule has 4 nitrogen and oxygen atoms in total. The average molecular weight is 309 g/mol. The van der Waals surface area contributed by atoms with Gasteiger partial charge in [0.1, 0.15) is 6.04 Å². The Balaban J connectivity index is 2.61. The van der Waals surface area contributed by atoms with E-state index < -0.39 is 17.3 Å². The van der Waals surface area contributed by atoms with Crippen molar-refractivity contribution in [2.45, 2.75) is 38.0 Å². The third kappa shape index (κ3) is 6.21. The first-order chi connectivity index (χ1) is 9.93. The van der Waals surface area contributed by atoms with E-state index in [1.54, 1.807) is 0 Å². The lowest BCUT2D eigenvalue weighted by molar-refractivity contribution is -0.145. The van der Waals surface area contributed by atoms with Gasteiger partial charge in [-0.1, -0.05) is 44.2 Å². The fraction of sp³-hybridized carbons (Fsp3) is 0.500. The van der Waals surface area contributed by atoms with Crippen molar-refractivity contribution in [3.8, 4) is 0 Å². The summed E-state index contributed by atoms with van der Waals surface area (Å²) in [5.74, 6) is -0.391. The fourth-order valence-electron chi connectivity index (χ4n) is 2.03. The van der Waals surface area contributed by atoms with E-state index in [9.17, 15) is 9.59 Å². The second-order valence-corrected chi connectivity index (χ2v) is 6.04. The molecule has 1 aromatic carbocycles. The molecular formula is C16H23NO3S. The summed E-state index contributed by atoms with van der Waals surface area (Å²) < 4.78 is 4.73. The normalized spacial score (nSPS) is 13.6. The Bertz CT molecular complexity index is 462. The third-order valence-electron chi connectivity index (χ3n) is 3.08. The van der Waals surface area contributed by atoms with Crippen LogP contribution >= 0.6 is 12.6 Å². The van der Waals surface area contributed by atoms with E-state index in [0.717, 1.165) is 5.56 Å². The van der Waals surface area contributed by atoms with E-state index >= 15 is 0 Å². The highest BCUT2D eigenvalue weighted by atomic mass is 32.1. The molecule has 0 fully saturated rings. The van der Waals surface area contributed by atoms with Crippen molar-refractivity contribution >= 4 is 24.5 Å². The molecule has 0 heterocycles. The van der Waals surface area contributed by atoms with Crippen LogP contribution in [0.15, 0.2) is 30.3 Å². The van der Waals surface area contributed by atoms with Gasteiger partial charge in [0.15, 0.2) is 0 Å². The van der Waals surface area contributed by atoms with Gasteiger partial charge < -0.3 is 10.1 Å². The number of hydrogen-bond acceptors (Lipinski definition) is 4. The van der Waals surface area contributed by atoms with Crippen LogP contribution in [-0.2, 0) is 20.7 Å². The van der Waals surface area contributed by atoms with Crippen molar-refractivity contribution in [3.05, 3.63) is 35.9 Å². The Kier molecular flexibility index (Phi) is 7.29. The minimum Gasteiger partial charge on any atom is -0.467 e. The van der Waals surface area contributed by atoms with Crippen LogP contribution < -0.4 is 5.32 Å². The Labute approximate surface area is 131 Å². The zero-order valence-corrected chi connectivity index (χ0v) is 13.6. The van der Waals surface area contributed by atoms with E-state index in [4.69, 9.17) is 4.74 Å². The molecule has 0 aliphatic rings. The summed E-state index contributed by atoms with van der Waals surface area (Å²) in [7, 11) is 1.32. The molecule has 0 aromatic heterocycles. The molecular weight excluding hydrogens is 286 g/mol. The quantitative estimate of drug-likeness (QED) is 0.600. The van der Waals surface area contributed by atoms with Crippen LogP contribution in [0.1, 0.15) is 25.8 Å². The monoisotopic (exact) mass is 309 g/mol. The van der Waals surface area contributed by atoms with Gasteiger partial charge in [-0.15, -0.1) is 0 Å². The molecule has 0 saturated heterocycles. The zero-order chi connectivity index (χ0) is 15.8. The van der Waals surface area contributed by atoms with E-state index in [1.165, 1.54) is 7.11 Å². The fourth-order valence-corrected chi connectivity index (χ4v) is 2.31. The Hall–Kier alpha value is -1.49. The van der Waals surface area contributed by atoms with Gasteiger partial charge in [-0.25, -0.2) is 4.79 Å². The minimum atomic E-state index is -0.618. The molecule has 0 unspecified atom stereocenters. The van der Waals surface area contributed by atoms with Crippen LogP contribution in [0.4, 0.5) is 0 Å². The lowest BCUT2D eigenvalue weighted by atomic mass is 10.0. The van der Waals surface area contributed by atoms with Crippen LogP contribution in [0.2, 0.25) is 0 Å². The highest BCUT2D eigenvalue weighted by Crippen LogP contribution is 2.10. The number of rotatable bonds is 7. The molecule has 21 heavy (non-hydrogen) atoms. The van der Waals surface area contributed by atoms with Crippen molar-refractivity contribution in [3.63, 3.8) is 0 Å². The van der Waals surface area contributed by atoms with Crippen molar-refractivity contribution in [1.82, 2.24) is 5.32 Å². The van der Waals surface area contributed by atoms with Gasteiger partial charge in [-0.05, 0) is 24.3 Å². The molecule has 0 spiro atoms. The molecule has 0 radical (unpaired) electrons. The topological polar surface area (TPSA) is 55.4 Å². The predicted molar refractivity (Wildman–Crippen MR) is 86.3 cm³/mol. The first-order valence-corrected chi connectivity index (χ1v) is 7.55. The van der Waals surface area contributed by atoms with Gasteiger partial charge in [-0.3, -0.25) is 4.79 Å². The molecule has 5 heteroatoms. The molecule has 1 rings (SSSR count). The summed E-state index contributed by atoms with van der Waals surface area (Å²) in [5.41, 5.74) is 1.03. The molecule has 1 aromatic rings. The minimum absolute atomic E-state index is 0.252. The highest BCUT2D eigenvalue weighted by molar-refractivity contribution is 7.81. The molecule has 2 atom stereocenters.